The molecule has 0 aromatic carbocycles. The summed E-state index contributed by atoms with van der Waals surface area (Å²) in [5, 5.41) is 8.01. The Hall–Kier alpha value is -2.25. The van der Waals surface area contributed by atoms with Crippen molar-refractivity contribution in [2.24, 2.45) is 5.73 Å². The number of rotatable bonds is 3. The summed E-state index contributed by atoms with van der Waals surface area (Å²) in [5.74, 6) is 1.47. The maximum absolute atomic E-state index is 6.33. The fraction of sp³-hybridized carbons (Fsp3) is 0.333. The van der Waals surface area contributed by atoms with Gasteiger partial charge in [0.25, 0.3) is 5.89 Å². The number of aromatic nitrogens is 4. The zero-order valence-corrected chi connectivity index (χ0v) is 13.1. The van der Waals surface area contributed by atoms with E-state index >= 15 is 0 Å². The minimum atomic E-state index is -0.475. The van der Waals surface area contributed by atoms with Crippen LogP contribution in [-0.2, 0) is 5.54 Å². The van der Waals surface area contributed by atoms with Gasteiger partial charge in [0.1, 0.15) is 0 Å². The molecule has 0 spiro atoms. The van der Waals surface area contributed by atoms with E-state index in [9.17, 15) is 0 Å². The Kier molecular flexibility index (Phi) is 4.14. The average Bonchev–Trinajstić information content (AvgIpc) is 3.28. The lowest BCUT2D eigenvalue weighted by molar-refractivity contribution is 0.370. The molecule has 1 aliphatic carbocycles. The third kappa shape index (κ3) is 2.85. The molecule has 0 aliphatic heterocycles. The lowest BCUT2D eigenvalue weighted by Crippen LogP contribution is -2.34. The number of halogens is 1. The Morgan fingerprint density at radius 1 is 1.13 bits per heavy atom. The molecule has 0 atom stereocenters. The topological polar surface area (TPSA) is 104 Å². The molecule has 1 aliphatic rings. The molecule has 1 saturated carbocycles. The van der Waals surface area contributed by atoms with Gasteiger partial charge in [0, 0.05) is 24.0 Å². The van der Waals surface area contributed by atoms with Crippen LogP contribution >= 0.6 is 12.4 Å². The van der Waals surface area contributed by atoms with E-state index in [1.165, 1.54) is 0 Å². The Balaban J connectivity index is 0.00000156. The van der Waals surface area contributed by atoms with Gasteiger partial charge >= 0.3 is 0 Å². The van der Waals surface area contributed by atoms with E-state index in [1.54, 1.807) is 18.5 Å². The molecule has 23 heavy (non-hydrogen) atoms. The van der Waals surface area contributed by atoms with Crippen molar-refractivity contribution in [2.75, 3.05) is 0 Å². The first-order valence-corrected chi connectivity index (χ1v) is 7.25. The fourth-order valence-corrected chi connectivity index (χ4v) is 2.78. The highest BCUT2D eigenvalue weighted by molar-refractivity contribution is 5.85. The van der Waals surface area contributed by atoms with Gasteiger partial charge < -0.3 is 14.8 Å². The smallest absolute Gasteiger partial charge is 0.280 e. The Morgan fingerprint density at radius 3 is 2.70 bits per heavy atom. The largest absolute Gasteiger partial charge is 0.355 e. The number of hydrogen-bond acceptors (Lipinski definition) is 7. The summed E-state index contributed by atoms with van der Waals surface area (Å²) in [7, 11) is 0. The van der Waals surface area contributed by atoms with Gasteiger partial charge in [-0.1, -0.05) is 23.2 Å². The molecule has 8 heteroatoms. The van der Waals surface area contributed by atoms with Crippen LogP contribution in [0.2, 0.25) is 0 Å². The van der Waals surface area contributed by atoms with Crippen LogP contribution in [0.15, 0.2) is 39.6 Å². The molecule has 0 amide bonds. The number of hydrogen-bond donors (Lipinski definition) is 1. The van der Waals surface area contributed by atoms with Gasteiger partial charge in [0.15, 0.2) is 17.3 Å². The molecule has 120 valence electrons. The SMILES string of the molecule is Cl.NC1(c2noc(-c3cc(-c4cccnc4)on3)n2)CCCC1. The van der Waals surface area contributed by atoms with Gasteiger partial charge in [-0.3, -0.25) is 4.98 Å². The minimum Gasteiger partial charge on any atom is -0.355 e. The predicted octanol–water partition coefficient (Wildman–Crippen LogP) is 2.94. The van der Waals surface area contributed by atoms with E-state index in [0.29, 0.717) is 23.2 Å². The third-order valence-corrected chi connectivity index (χ3v) is 4.04. The van der Waals surface area contributed by atoms with Gasteiger partial charge in [-0.05, 0) is 25.0 Å². The summed E-state index contributed by atoms with van der Waals surface area (Å²) in [4.78, 5) is 8.45. The number of nitrogens with two attached hydrogens (primary N) is 1. The van der Waals surface area contributed by atoms with Crippen molar-refractivity contribution in [3.05, 3.63) is 36.4 Å². The van der Waals surface area contributed by atoms with Crippen molar-refractivity contribution in [3.8, 4) is 22.9 Å². The van der Waals surface area contributed by atoms with Gasteiger partial charge in [0.2, 0.25) is 0 Å². The minimum absolute atomic E-state index is 0. The average molecular weight is 334 g/mol. The Labute approximate surface area is 138 Å². The maximum atomic E-state index is 6.33. The van der Waals surface area contributed by atoms with Crippen molar-refractivity contribution >= 4 is 12.4 Å². The summed E-state index contributed by atoms with van der Waals surface area (Å²) < 4.78 is 10.6. The lowest BCUT2D eigenvalue weighted by atomic mass is 9.99. The molecule has 0 radical (unpaired) electrons. The van der Waals surface area contributed by atoms with Crippen LogP contribution in [0.1, 0.15) is 31.5 Å². The second kappa shape index (κ2) is 6.10. The molecule has 7 nitrogen and oxygen atoms in total. The first-order chi connectivity index (χ1) is 10.7. The van der Waals surface area contributed by atoms with Crippen molar-refractivity contribution in [1.29, 1.82) is 0 Å². The molecule has 0 saturated heterocycles. The van der Waals surface area contributed by atoms with Crippen LogP contribution in [0, 0.1) is 0 Å². The van der Waals surface area contributed by atoms with Gasteiger partial charge in [-0.15, -0.1) is 12.4 Å². The van der Waals surface area contributed by atoms with E-state index in [1.807, 2.05) is 12.1 Å². The quantitative estimate of drug-likeness (QED) is 0.785. The van der Waals surface area contributed by atoms with Crippen LogP contribution in [0.5, 0.6) is 0 Å². The molecule has 0 unspecified atom stereocenters. The van der Waals surface area contributed by atoms with Gasteiger partial charge in [-0.2, -0.15) is 4.98 Å². The molecule has 4 rings (SSSR count). The molecule has 3 aromatic heterocycles. The first-order valence-electron chi connectivity index (χ1n) is 7.25. The summed E-state index contributed by atoms with van der Waals surface area (Å²) >= 11 is 0. The standard InChI is InChI=1S/C15H15N5O2.ClH/c16-15(5-1-2-6-15)14-18-13(22-20-14)11-8-12(21-19-11)10-4-3-7-17-9-10;/h3-4,7-9H,1-2,5-6,16H2;1H. The van der Waals surface area contributed by atoms with Gasteiger partial charge in [0.05, 0.1) is 5.54 Å². The molecule has 3 aromatic rings. The van der Waals surface area contributed by atoms with Crippen molar-refractivity contribution in [1.82, 2.24) is 20.3 Å². The maximum Gasteiger partial charge on any atom is 0.280 e. The van der Waals surface area contributed by atoms with Crippen LogP contribution < -0.4 is 5.73 Å². The lowest BCUT2D eigenvalue weighted by Gasteiger charge is -2.17. The molecule has 2 N–H and O–H groups in total. The van der Waals surface area contributed by atoms with E-state index in [4.69, 9.17) is 14.8 Å². The summed E-state index contributed by atoms with van der Waals surface area (Å²) in [6, 6.07) is 5.48. The number of pyridine rings is 1. The number of nitrogens with zero attached hydrogens (tertiary/aromatic N) is 4. The highest BCUT2D eigenvalue weighted by Gasteiger charge is 2.36. The second-order valence-corrected chi connectivity index (χ2v) is 5.60. The highest BCUT2D eigenvalue weighted by atomic mass is 35.5. The summed E-state index contributed by atoms with van der Waals surface area (Å²) in [6.45, 7) is 0. The van der Waals surface area contributed by atoms with Crippen LogP contribution in [-0.4, -0.2) is 20.3 Å². The molecule has 1 fully saturated rings. The second-order valence-electron chi connectivity index (χ2n) is 5.60. The molecule has 3 heterocycles. The Bertz CT molecular complexity index is 780. The molecule has 0 bridgehead atoms. The van der Waals surface area contributed by atoms with Crippen LogP contribution in [0.4, 0.5) is 0 Å². The predicted molar refractivity (Wildman–Crippen MR) is 84.6 cm³/mol. The van der Waals surface area contributed by atoms with Crippen LogP contribution in [0.3, 0.4) is 0 Å². The van der Waals surface area contributed by atoms with E-state index in [2.05, 4.69) is 20.3 Å². The molecular weight excluding hydrogens is 318 g/mol. The zero-order chi connectivity index (χ0) is 15.0. The fourth-order valence-electron chi connectivity index (χ4n) is 2.78. The Morgan fingerprint density at radius 2 is 1.96 bits per heavy atom. The highest BCUT2D eigenvalue weighted by Crippen LogP contribution is 2.35. The van der Waals surface area contributed by atoms with E-state index in [0.717, 1.165) is 31.2 Å². The monoisotopic (exact) mass is 333 g/mol. The van der Waals surface area contributed by atoms with Crippen molar-refractivity contribution in [3.63, 3.8) is 0 Å². The zero-order valence-electron chi connectivity index (χ0n) is 12.3. The van der Waals surface area contributed by atoms with Gasteiger partial charge in [-0.25, -0.2) is 0 Å². The van der Waals surface area contributed by atoms with Crippen molar-refractivity contribution in [2.45, 2.75) is 31.2 Å². The van der Waals surface area contributed by atoms with Crippen LogP contribution in [0.25, 0.3) is 22.9 Å². The van der Waals surface area contributed by atoms with E-state index in [-0.39, 0.29) is 12.4 Å². The summed E-state index contributed by atoms with van der Waals surface area (Å²) in [6.07, 6.45) is 7.35. The van der Waals surface area contributed by atoms with E-state index < -0.39 is 5.54 Å². The summed E-state index contributed by atoms with van der Waals surface area (Å²) in [5.41, 5.74) is 7.20. The van der Waals surface area contributed by atoms with Crippen molar-refractivity contribution < 1.29 is 9.05 Å². The third-order valence-electron chi connectivity index (χ3n) is 4.04. The molecular formula is C15H16ClN5O2. The normalized spacial score (nSPS) is 16.2. The first kappa shape index (κ1) is 15.6.